The maximum Gasteiger partial charge on any atom is 0.145 e. The van der Waals surface area contributed by atoms with Gasteiger partial charge in [-0.05, 0) is 25.1 Å². The number of hydrogen-bond acceptors (Lipinski definition) is 2. The largest absolute Gasteiger partial charge is 0.250 e. The smallest absolute Gasteiger partial charge is 0.145 e. The molecule has 0 amide bonds. The first-order chi connectivity index (χ1) is 6.70. The van der Waals surface area contributed by atoms with Crippen LogP contribution in [-0.4, -0.2) is 4.98 Å². The van der Waals surface area contributed by atoms with Crippen LogP contribution in [0.3, 0.4) is 0 Å². The lowest BCUT2D eigenvalue weighted by molar-refractivity contribution is 0.613. The minimum atomic E-state index is -0.317. The van der Waals surface area contributed by atoms with E-state index in [1.54, 1.807) is 25.1 Å². The molecule has 0 atom stereocenters. The summed E-state index contributed by atoms with van der Waals surface area (Å²) >= 11 is 0. The van der Waals surface area contributed by atoms with Crippen LogP contribution in [0.2, 0.25) is 0 Å². The summed E-state index contributed by atoms with van der Waals surface area (Å²) in [6.45, 7) is 1.60. The van der Waals surface area contributed by atoms with Gasteiger partial charge in [-0.15, -0.1) is 0 Å². The van der Waals surface area contributed by atoms with Crippen LogP contribution in [0.15, 0.2) is 24.3 Å². The van der Waals surface area contributed by atoms with E-state index in [0.29, 0.717) is 22.2 Å². The minimum absolute atomic E-state index is 0.317. The zero-order chi connectivity index (χ0) is 10.1. The Kier molecular flexibility index (Phi) is 1.90. The molecule has 0 aliphatic heterocycles. The van der Waals surface area contributed by atoms with Gasteiger partial charge >= 0.3 is 0 Å². The SMILES string of the molecule is Cc1nc2cc(C#N)ccc2cc1F. The number of halogens is 1. The molecule has 3 heteroatoms. The van der Waals surface area contributed by atoms with E-state index in [2.05, 4.69) is 4.98 Å². The molecule has 0 aliphatic rings. The summed E-state index contributed by atoms with van der Waals surface area (Å²) in [7, 11) is 0. The summed E-state index contributed by atoms with van der Waals surface area (Å²) in [6.07, 6.45) is 0. The van der Waals surface area contributed by atoms with Crippen molar-refractivity contribution in [3.05, 3.63) is 41.3 Å². The van der Waals surface area contributed by atoms with Gasteiger partial charge in [0.2, 0.25) is 0 Å². The van der Waals surface area contributed by atoms with Crippen LogP contribution in [0.1, 0.15) is 11.3 Å². The van der Waals surface area contributed by atoms with E-state index in [0.717, 1.165) is 0 Å². The molecular formula is C11H7FN2. The molecule has 0 N–H and O–H groups in total. The summed E-state index contributed by atoms with van der Waals surface area (Å²) in [4.78, 5) is 4.06. The minimum Gasteiger partial charge on any atom is -0.250 e. The van der Waals surface area contributed by atoms with Crippen LogP contribution in [0.5, 0.6) is 0 Å². The third kappa shape index (κ3) is 1.31. The van der Waals surface area contributed by atoms with Crippen molar-refractivity contribution in [2.24, 2.45) is 0 Å². The number of pyridine rings is 1. The van der Waals surface area contributed by atoms with E-state index in [9.17, 15) is 4.39 Å². The van der Waals surface area contributed by atoms with Crippen LogP contribution in [-0.2, 0) is 0 Å². The Labute approximate surface area is 80.6 Å². The summed E-state index contributed by atoms with van der Waals surface area (Å²) in [6, 6.07) is 8.45. The van der Waals surface area contributed by atoms with E-state index >= 15 is 0 Å². The van der Waals surface area contributed by atoms with Gasteiger partial charge in [-0.3, -0.25) is 4.98 Å². The highest BCUT2D eigenvalue weighted by Gasteiger charge is 2.02. The summed E-state index contributed by atoms with van der Waals surface area (Å²) in [5, 5.41) is 9.38. The molecule has 0 unspecified atom stereocenters. The number of nitriles is 1. The summed E-state index contributed by atoms with van der Waals surface area (Å²) < 4.78 is 13.1. The highest BCUT2D eigenvalue weighted by Crippen LogP contribution is 2.16. The van der Waals surface area contributed by atoms with Crippen LogP contribution in [0.25, 0.3) is 10.9 Å². The van der Waals surface area contributed by atoms with Gasteiger partial charge in [0.25, 0.3) is 0 Å². The van der Waals surface area contributed by atoms with Crippen molar-refractivity contribution in [2.45, 2.75) is 6.92 Å². The van der Waals surface area contributed by atoms with Gasteiger partial charge < -0.3 is 0 Å². The van der Waals surface area contributed by atoms with Crippen LogP contribution < -0.4 is 0 Å². The van der Waals surface area contributed by atoms with Crippen molar-refractivity contribution in [1.82, 2.24) is 4.98 Å². The fraction of sp³-hybridized carbons (Fsp3) is 0.0909. The van der Waals surface area contributed by atoms with E-state index in [4.69, 9.17) is 5.26 Å². The van der Waals surface area contributed by atoms with Crippen molar-refractivity contribution >= 4 is 10.9 Å². The highest BCUT2D eigenvalue weighted by atomic mass is 19.1. The van der Waals surface area contributed by atoms with Crippen LogP contribution >= 0.6 is 0 Å². The Morgan fingerprint density at radius 1 is 1.36 bits per heavy atom. The average Bonchev–Trinajstić information content (AvgIpc) is 2.19. The molecule has 1 aromatic carbocycles. The molecule has 0 aliphatic carbocycles. The number of hydrogen-bond donors (Lipinski definition) is 0. The number of benzene rings is 1. The van der Waals surface area contributed by atoms with Gasteiger partial charge in [-0.2, -0.15) is 5.26 Å². The predicted octanol–water partition coefficient (Wildman–Crippen LogP) is 2.55. The molecule has 14 heavy (non-hydrogen) atoms. The first-order valence-electron chi connectivity index (χ1n) is 4.18. The molecule has 0 radical (unpaired) electrons. The van der Waals surface area contributed by atoms with Gasteiger partial charge in [-0.1, -0.05) is 6.07 Å². The average molecular weight is 186 g/mol. The second-order valence-corrected chi connectivity index (χ2v) is 3.07. The quantitative estimate of drug-likeness (QED) is 0.634. The molecule has 2 aromatic rings. The fourth-order valence-electron chi connectivity index (χ4n) is 1.31. The Bertz CT molecular complexity index is 541. The number of rotatable bonds is 0. The fourth-order valence-corrected chi connectivity index (χ4v) is 1.31. The Balaban J connectivity index is 2.78. The predicted molar refractivity (Wildman–Crippen MR) is 51.2 cm³/mol. The molecule has 0 bridgehead atoms. The Hall–Kier alpha value is -1.95. The second kappa shape index (κ2) is 3.08. The van der Waals surface area contributed by atoms with Crippen LogP contribution in [0, 0.1) is 24.1 Å². The Morgan fingerprint density at radius 3 is 2.86 bits per heavy atom. The first kappa shape index (κ1) is 8.64. The maximum atomic E-state index is 13.1. The molecule has 0 fully saturated rings. The van der Waals surface area contributed by atoms with Gasteiger partial charge in [0, 0.05) is 5.39 Å². The van der Waals surface area contributed by atoms with Crippen molar-refractivity contribution in [2.75, 3.05) is 0 Å². The monoisotopic (exact) mass is 186 g/mol. The molecule has 0 saturated carbocycles. The third-order valence-electron chi connectivity index (χ3n) is 2.08. The molecular weight excluding hydrogens is 179 g/mol. The second-order valence-electron chi connectivity index (χ2n) is 3.07. The standard InChI is InChI=1S/C11H7FN2/c1-7-10(12)5-9-3-2-8(6-13)4-11(9)14-7/h2-5H,1H3. The number of fused-ring (bicyclic) bond motifs is 1. The number of nitrogens with zero attached hydrogens (tertiary/aromatic N) is 2. The molecule has 2 nitrogen and oxygen atoms in total. The van der Waals surface area contributed by atoms with Gasteiger partial charge in [0.15, 0.2) is 0 Å². The lowest BCUT2D eigenvalue weighted by atomic mass is 10.1. The molecule has 1 heterocycles. The molecule has 0 saturated heterocycles. The molecule has 0 spiro atoms. The lowest BCUT2D eigenvalue weighted by Crippen LogP contribution is -1.89. The van der Waals surface area contributed by atoms with Gasteiger partial charge in [0.05, 0.1) is 22.8 Å². The van der Waals surface area contributed by atoms with Crippen LogP contribution in [0.4, 0.5) is 4.39 Å². The van der Waals surface area contributed by atoms with E-state index in [-0.39, 0.29) is 5.82 Å². The first-order valence-corrected chi connectivity index (χ1v) is 4.18. The highest BCUT2D eigenvalue weighted by molar-refractivity contribution is 5.80. The summed E-state index contributed by atoms with van der Waals surface area (Å²) in [5.41, 5.74) is 1.55. The molecule has 1 aromatic heterocycles. The van der Waals surface area contributed by atoms with E-state index in [1.165, 1.54) is 6.07 Å². The lowest BCUT2D eigenvalue weighted by Gasteiger charge is -2.00. The van der Waals surface area contributed by atoms with Crippen molar-refractivity contribution in [3.63, 3.8) is 0 Å². The number of aryl methyl sites for hydroxylation is 1. The zero-order valence-corrected chi connectivity index (χ0v) is 7.58. The van der Waals surface area contributed by atoms with Crippen molar-refractivity contribution < 1.29 is 4.39 Å². The van der Waals surface area contributed by atoms with Gasteiger partial charge in [0.1, 0.15) is 5.82 Å². The normalized spacial score (nSPS) is 10.1. The zero-order valence-electron chi connectivity index (χ0n) is 7.58. The maximum absolute atomic E-state index is 13.1. The van der Waals surface area contributed by atoms with Crippen molar-refractivity contribution in [3.8, 4) is 6.07 Å². The van der Waals surface area contributed by atoms with Crippen molar-refractivity contribution in [1.29, 1.82) is 5.26 Å². The van der Waals surface area contributed by atoms with E-state index < -0.39 is 0 Å². The number of aromatic nitrogens is 1. The third-order valence-corrected chi connectivity index (χ3v) is 2.08. The summed E-state index contributed by atoms with van der Waals surface area (Å²) in [5.74, 6) is -0.317. The van der Waals surface area contributed by atoms with E-state index in [1.807, 2.05) is 6.07 Å². The topological polar surface area (TPSA) is 36.7 Å². The molecule has 2 rings (SSSR count). The molecule has 68 valence electrons. The Morgan fingerprint density at radius 2 is 2.14 bits per heavy atom. The van der Waals surface area contributed by atoms with Gasteiger partial charge in [-0.25, -0.2) is 4.39 Å².